The van der Waals surface area contributed by atoms with Crippen molar-refractivity contribution < 1.29 is 4.74 Å². The Balaban J connectivity index is 1.27. The Bertz CT molecular complexity index is 929. The number of rotatable bonds is 3. The fraction of sp³-hybridized carbons (Fsp3) is 0.400. The largest absolute Gasteiger partial charge is 0.493 e. The first-order chi connectivity index (χ1) is 12.8. The van der Waals surface area contributed by atoms with E-state index in [1.54, 1.807) is 6.20 Å². The molecule has 1 atom stereocenters. The van der Waals surface area contributed by atoms with E-state index in [2.05, 4.69) is 51.1 Å². The second-order valence-electron chi connectivity index (χ2n) is 7.10. The summed E-state index contributed by atoms with van der Waals surface area (Å²) in [5, 5.41) is 0. The molecule has 2 aliphatic heterocycles. The lowest BCUT2D eigenvalue weighted by atomic mass is 10.0. The molecule has 1 aromatic carbocycles. The molecular formula is C20H23N5O. The van der Waals surface area contributed by atoms with E-state index in [-0.39, 0.29) is 0 Å². The summed E-state index contributed by atoms with van der Waals surface area (Å²) in [6.07, 6.45) is 8.72. The van der Waals surface area contributed by atoms with Gasteiger partial charge in [-0.3, -0.25) is 4.90 Å². The fourth-order valence-electron chi connectivity index (χ4n) is 3.97. The van der Waals surface area contributed by atoms with Crippen LogP contribution in [0.5, 0.6) is 5.75 Å². The third kappa shape index (κ3) is 2.70. The molecule has 2 aromatic heterocycles. The van der Waals surface area contributed by atoms with Crippen LogP contribution in [0.25, 0.3) is 5.65 Å². The first-order valence-corrected chi connectivity index (χ1v) is 9.31. The maximum Gasteiger partial charge on any atom is 0.155 e. The summed E-state index contributed by atoms with van der Waals surface area (Å²) in [7, 11) is 0. The van der Waals surface area contributed by atoms with Crippen LogP contribution in [0.3, 0.4) is 0 Å². The van der Waals surface area contributed by atoms with Gasteiger partial charge in [-0.15, -0.1) is 0 Å². The number of ether oxygens (including phenoxy) is 1. The Kier molecular flexibility index (Phi) is 3.78. The van der Waals surface area contributed by atoms with Crippen molar-refractivity contribution in [2.24, 2.45) is 0 Å². The van der Waals surface area contributed by atoms with Crippen molar-refractivity contribution in [1.82, 2.24) is 19.3 Å². The summed E-state index contributed by atoms with van der Waals surface area (Å²) in [5.74, 6) is 2.10. The standard InChI is InChI=1S/C20H23N5O/c1-15(17-3-2-16-4-11-26-18(16)12-17)23-7-9-24(10-8-23)20-14-25-6-5-21-19(25)13-22-20/h2-3,5-6,12-15H,4,7-11H2,1H3. The second kappa shape index (κ2) is 6.29. The van der Waals surface area contributed by atoms with Gasteiger partial charge in [0.1, 0.15) is 11.6 Å². The van der Waals surface area contributed by atoms with Gasteiger partial charge in [0.2, 0.25) is 0 Å². The van der Waals surface area contributed by atoms with Crippen molar-refractivity contribution in [3.05, 3.63) is 54.1 Å². The molecular weight excluding hydrogens is 326 g/mol. The summed E-state index contributed by atoms with van der Waals surface area (Å²) in [6.45, 7) is 7.14. The Morgan fingerprint density at radius 3 is 2.88 bits per heavy atom. The Morgan fingerprint density at radius 2 is 2.00 bits per heavy atom. The summed E-state index contributed by atoms with van der Waals surface area (Å²) in [6, 6.07) is 7.12. The van der Waals surface area contributed by atoms with Gasteiger partial charge in [0.15, 0.2) is 5.65 Å². The molecule has 1 fully saturated rings. The van der Waals surface area contributed by atoms with E-state index < -0.39 is 0 Å². The monoisotopic (exact) mass is 349 g/mol. The minimum atomic E-state index is 0.399. The highest BCUT2D eigenvalue weighted by molar-refractivity contribution is 5.45. The number of aromatic nitrogens is 3. The summed E-state index contributed by atoms with van der Waals surface area (Å²) >= 11 is 0. The van der Waals surface area contributed by atoms with Crippen molar-refractivity contribution in [2.75, 3.05) is 37.7 Å². The average Bonchev–Trinajstić information content (AvgIpc) is 3.35. The van der Waals surface area contributed by atoms with Crippen LogP contribution in [0.1, 0.15) is 24.1 Å². The van der Waals surface area contributed by atoms with Crippen molar-refractivity contribution in [3.63, 3.8) is 0 Å². The lowest BCUT2D eigenvalue weighted by molar-refractivity contribution is 0.198. The van der Waals surface area contributed by atoms with Gasteiger partial charge in [0.05, 0.1) is 19.0 Å². The van der Waals surface area contributed by atoms with E-state index in [1.165, 1.54) is 11.1 Å². The molecule has 26 heavy (non-hydrogen) atoms. The van der Waals surface area contributed by atoms with Crippen LogP contribution in [-0.2, 0) is 6.42 Å². The van der Waals surface area contributed by atoms with Gasteiger partial charge >= 0.3 is 0 Å². The van der Waals surface area contributed by atoms with E-state index in [0.717, 1.165) is 56.4 Å². The predicted octanol–water partition coefficient (Wildman–Crippen LogP) is 2.55. The van der Waals surface area contributed by atoms with Crippen molar-refractivity contribution >= 4 is 11.5 Å². The highest BCUT2D eigenvalue weighted by atomic mass is 16.5. The number of piperazine rings is 1. The van der Waals surface area contributed by atoms with Crippen LogP contribution < -0.4 is 9.64 Å². The molecule has 0 saturated carbocycles. The van der Waals surface area contributed by atoms with Crippen LogP contribution in [0.4, 0.5) is 5.82 Å². The SMILES string of the molecule is CC(c1ccc2c(c1)OCC2)N1CCN(c2cn3ccnc3cn2)CC1. The van der Waals surface area contributed by atoms with Gasteiger partial charge in [0.25, 0.3) is 0 Å². The normalized spacial score (nSPS) is 18.7. The maximum absolute atomic E-state index is 5.74. The van der Waals surface area contributed by atoms with Crippen molar-refractivity contribution in [1.29, 1.82) is 0 Å². The van der Waals surface area contributed by atoms with Crippen LogP contribution in [-0.4, -0.2) is 52.1 Å². The molecule has 1 unspecified atom stereocenters. The smallest absolute Gasteiger partial charge is 0.155 e. The van der Waals surface area contributed by atoms with Crippen LogP contribution in [0.15, 0.2) is 43.0 Å². The minimum Gasteiger partial charge on any atom is -0.493 e. The summed E-state index contributed by atoms with van der Waals surface area (Å²) in [4.78, 5) is 13.7. The van der Waals surface area contributed by atoms with Crippen LogP contribution in [0, 0.1) is 0 Å². The topological polar surface area (TPSA) is 45.9 Å². The van der Waals surface area contributed by atoms with Gasteiger partial charge < -0.3 is 14.0 Å². The molecule has 5 rings (SSSR count). The molecule has 0 amide bonds. The van der Waals surface area contributed by atoms with E-state index >= 15 is 0 Å². The van der Waals surface area contributed by atoms with E-state index in [9.17, 15) is 0 Å². The third-order valence-corrected chi connectivity index (χ3v) is 5.65. The molecule has 134 valence electrons. The van der Waals surface area contributed by atoms with E-state index in [1.807, 2.05) is 16.8 Å². The van der Waals surface area contributed by atoms with Crippen LogP contribution in [0.2, 0.25) is 0 Å². The maximum atomic E-state index is 5.74. The molecule has 0 N–H and O–H groups in total. The summed E-state index contributed by atoms with van der Waals surface area (Å²) < 4.78 is 7.77. The molecule has 6 heteroatoms. The Labute approximate surface area is 153 Å². The average molecular weight is 349 g/mol. The van der Waals surface area contributed by atoms with E-state index in [0.29, 0.717) is 6.04 Å². The van der Waals surface area contributed by atoms with Gasteiger partial charge in [-0.1, -0.05) is 12.1 Å². The number of anilines is 1. The van der Waals surface area contributed by atoms with Crippen molar-refractivity contribution in [3.8, 4) is 5.75 Å². The molecule has 2 aliphatic rings. The summed E-state index contributed by atoms with van der Waals surface area (Å²) in [5.41, 5.74) is 3.57. The van der Waals surface area contributed by atoms with Crippen LogP contribution >= 0.6 is 0 Å². The number of nitrogens with zero attached hydrogens (tertiary/aromatic N) is 5. The minimum absolute atomic E-state index is 0.399. The van der Waals surface area contributed by atoms with Gasteiger partial charge in [-0.05, 0) is 24.1 Å². The Hall–Kier alpha value is -2.60. The molecule has 4 heterocycles. The first kappa shape index (κ1) is 15.6. The lowest BCUT2D eigenvalue weighted by Gasteiger charge is -2.38. The predicted molar refractivity (Wildman–Crippen MR) is 101 cm³/mol. The number of benzene rings is 1. The molecule has 0 radical (unpaired) electrons. The zero-order valence-electron chi connectivity index (χ0n) is 15.0. The molecule has 6 nitrogen and oxygen atoms in total. The molecule has 3 aromatic rings. The molecule has 0 aliphatic carbocycles. The molecule has 0 spiro atoms. The first-order valence-electron chi connectivity index (χ1n) is 9.31. The molecule has 1 saturated heterocycles. The van der Waals surface area contributed by atoms with Crippen molar-refractivity contribution in [2.45, 2.75) is 19.4 Å². The highest BCUT2D eigenvalue weighted by Crippen LogP contribution is 2.31. The number of imidazole rings is 1. The number of hydrogen-bond acceptors (Lipinski definition) is 5. The van der Waals surface area contributed by atoms with E-state index in [4.69, 9.17) is 4.74 Å². The third-order valence-electron chi connectivity index (χ3n) is 5.65. The zero-order chi connectivity index (χ0) is 17.5. The zero-order valence-corrected chi connectivity index (χ0v) is 15.0. The lowest BCUT2D eigenvalue weighted by Crippen LogP contribution is -2.47. The second-order valence-corrected chi connectivity index (χ2v) is 7.10. The highest BCUT2D eigenvalue weighted by Gasteiger charge is 2.24. The number of hydrogen-bond donors (Lipinski definition) is 0. The molecule has 0 bridgehead atoms. The fourth-order valence-corrected chi connectivity index (χ4v) is 3.97. The Morgan fingerprint density at radius 1 is 1.12 bits per heavy atom. The van der Waals surface area contributed by atoms with Gasteiger partial charge in [-0.2, -0.15) is 0 Å². The van der Waals surface area contributed by atoms with Gasteiger partial charge in [-0.25, -0.2) is 9.97 Å². The quantitative estimate of drug-likeness (QED) is 0.727. The van der Waals surface area contributed by atoms with Gasteiger partial charge in [0, 0.05) is 51.0 Å². The number of fused-ring (bicyclic) bond motifs is 2.